The Morgan fingerprint density at radius 1 is 1.17 bits per heavy atom. The quantitative estimate of drug-likeness (QED) is 0.875. The van der Waals surface area contributed by atoms with Crippen molar-refractivity contribution < 1.29 is 19.0 Å². The Morgan fingerprint density at radius 3 is 2.83 bits per heavy atom. The first kappa shape index (κ1) is 13.9. The highest BCUT2D eigenvalue weighted by Crippen LogP contribution is 2.43. The van der Waals surface area contributed by atoms with E-state index in [1.165, 1.54) is 0 Å². The van der Waals surface area contributed by atoms with Crippen molar-refractivity contribution in [2.24, 2.45) is 5.73 Å². The highest BCUT2D eigenvalue weighted by atomic mass is 16.7. The first-order valence-corrected chi connectivity index (χ1v) is 7.31. The Kier molecular flexibility index (Phi) is 3.12. The van der Waals surface area contributed by atoms with E-state index in [0.29, 0.717) is 11.5 Å². The lowest BCUT2D eigenvalue weighted by molar-refractivity contribution is -0.126. The molecule has 2 aromatic carbocycles. The summed E-state index contributed by atoms with van der Waals surface area (Å²) in [6.45, 7) is 0.200. The van der Waals surface area contributed by atoms with Crippen LogP contribution in [-0.4, -0.2) is 25.9 Å². The van der Waals surface area contributed by atoms with Crippen molar-refractivity contribution in [2.45, 2.75) is 12.1 Å². The number of carbonyl (C=O) groups excluding carboxylic acids is 1. The molecule has 1 fully saturated rings. The van der Waals surface area contributed by atoms with E-state index in [2.05, 4.69) is 0 Å². The maximum absolute atomic E-state index is 12.3. The summed E-state index contributed by atoms with van der Waals surface area (Å²) < 4.78 is 15.9. The zero-order chi connectivity index (χ0) is 16.0. The van der Waals surface area contributed by atoms with E-state index >= 15 is 0 Å². The Morgan fingerprint density at radius 2 is 2.00 bits per heavy atom. The molecule has 0 saturated carbocycles. The summed E-state index contributed by atoms with van der Waals surface area (Å²) in [6, 6.07) is 12.3. The van der Waals surface area contributed by atoms with Crippen LogP contribution in [0.2, 0.25) is 0 Å². The molecule has 2 aliphatic heterocycles. The van der Waals surface area contributed by atoms with Crippen LogP contribution in [0.3, 0.4) is 0 Å². The van der Waals surface area contributed by atoms with E-state index in [9.17, 15) is 4.79 Å². The summed E-state index contributed by atoms with van der Waals surface area (Å²) in [5, 5.41) is 0. The average molecular weight is 312 g/mol. The SMILES string of the molecule is COc1cccc([C@@H]2[C@H](N)C(=O)N2c2ccc3c(c2)OCO3)c1. The lowest BCUT2D eigenvalue weighted by Crippen LogP contribution is -2.63. The number of benzene rings is 2. The smallest absolute Gasteiger partial charge is 0.247 e. The minimum absolute atomic E-state index is 0.114. The van der Waals surface area contributed by atoms with Crippen LogP contribution in [0.4, 0.5) is 5.69 Å². The van der Waals surface area contributed by atoms with Crippen LogP contribution < -0.4 is 24.8 Å². The largest absolute Gasteiger partial charge is 0.497 e. The molecule has 4 rings (SSSR count). The van der Waals surface area contributed by atoms with Gasteiger partial charge >= 0.3 is 0 Å². The molecule has 2 heterocycles. The second-order valence-corrected chi connectivity index (χ2v) is 5.49. The molecule has 118 valence electrons. The first-order chi connectivity index (χ1) is 11.2. The molecule has 2 atom stereocenters. The van der Waals surface area contributed by atoms with E-state index in [1.807, 2.05) is 30.3 Å². The molecule has 0 aliphatic carbocycles. The van der Waals surface area contributed by atoms with Crippen LogP contribution >= 0.6 is 0 Å². The number of anilines is 1. The van der Waals surface area contributed by atoms with Crippen LogP contribution in [-0.2, 0) is 4.79 Å². The number of fused-ring (bicyclic) bond motifs is 1. The maximum atomic E-state index is 12.3. The molecule has 1 saturated heterocycles. The third-order valence-electron chi connectivity index (χ3n) is 4.21. The Balaban J connectivity index is 1.70. The molecule has 0 unspecified atom stereocenters. The number of hydrogen-bond donors (Lipinski definition) is 1. The molecular formula is C17H16N2O4. The van der Waals surface area contributed by atoms with Gasteiger partial charge in [0.15, 0.2) is 11.5 Å². The third-order valence-corrected chi connectivity index (χ3v) is 4.21. The van der Waals surface area contributed by atoms with Crippen LogP contribution in [0.5, 0.6) is 17.2 Å². The molecule has 0 spiro atoms. The Labute approximate surface area is 133 Å². The molecule has 0 radical (unpaired) electrons. The molecule has 0 bridgehead atoms. The van der Waals surface area contributed by atoms with Crippen LogP contribution in [0, 0.1) is 0 Å². The van der Waals surface area contributed by atoms with Crippen molar-refractivity contribution in [1.29, 1.82) is 0 Å². The summed E-state index contributed by atoms with van der Waals surface area (Å²) in [7, 11) is 1.61. The standard InChI is InChI=1S/C17H16N2O4/c1-21-12-4-2-3-10(7-12)16-15(18)17(20)19(16)11-5-6-13-14(8-11)23-9-22-13/h2-8,15-16H,9,18H2,1H3/t15-,16+/m0/s1. The van der Waals surface area contributed by atoms with Gasteiger partial charge in [0.05, 0.1) is 13.2 Å². The molecule has 2 N–H and O–H groups in total. The molecule has 6 heteroatoms. The van der Waals surface area contributed by atoms with E-state index in [0.717, 1.165) is 17.0 Å². The number of ether oxygens (including phenoxy) is 3. The second kappa shape index (κ2) is 5.17. The highest BCUT2D eigenvalue weighted by Gasteiger charge is 2.47. The third kappa shape index (κ3) is 2.10. The number of hydrogen-bond acceptors (Lipinski definition) is 5. The van der Waals surface area contributed by atoms with Crippen molar-refractivity contribution in [3.8, 4) is 17.2 Å². The fraction of sp³-hybridized carbons (Fsp3) is 0.235. The van der Waals surface area contributed by atoms with E-state index in [-0.39, 0.29) is 18.7 Å². The average Bonchev–Trinajstić information content (AvgIpc) is 3.06. The van der Waals surface area contributed by atoms with Gasteiger partial charge in [0.25, 0.3) is 0 Å². The predicted octanol–water partition coefficient (Wildman–Crippen LogP) is 1.84. The predicted molar refractivity (Wildman–Crippen MR) is 83.8 cm³/mol. The number of rotatable bonds is 3. The summed E-state index contributed by atoms with van der Waals surface area (Å²) in [5.41, 5.74) is 7.73. The molecule has 2 aromatic rings. The minimum atomic E-state index is -0.562. The lowest BCUT2D eigenvalue weighted by Gasteiger charge is -2.45. The monoisotopic (exact) mass is 312 g/mol. The summed E-state index contributed by atoms with van der Waals surface area (Å²) >= 11 is 0. The number of nitrogens with zero attached hydrogens (tertiary/aromatic N) is 1. The fourth-order valence-corrected chi connectivity index (χ4v) is 3.02. The maximum Gasteiger partial charge on any atom is 0.247 e. The van der Waals surface area contributed by atoms with Gasteiger partial charge in [-0.05, 0) is 29.8 Å². The number of amides is 1. The van der Waals surface area contributed by atoms with Crippen LogP contribution in [0.1, 0.15) is 11.6 Å². The van der Waals surface area contributed by atoms with Crippen molar-refractivity contribution in [2.75, 3.05) is 18.8 Å². The van der Waals surface area contributed by atoms with E-state index in [4.69, 9.17) is 19.9 Å². The molecular weight excluding hydrogens is 296 g/mol. The molecule has 0 aromatic heterocycles. The Bertz CT molecular complexity index is 777. The van der Waals surface area contributed by atoms with E-state index < -0.39 is 6.04 Å². The topological polar surface area (TPSA) is 74.0 Å². The van der Waals surface area contributed by atoms with Gasteiger partial charge in [-0.2, -0.15) is 0 Å². The van der Waals surface area contributed by atoms with Crippen molar-refractivity contribution >= 4 is 11.6 Å². The first-order valence-electron chi connectivity index (χ1n) is 7.31. The van der Waals surface area contributed by atoms with Crippen molar-refractivity contribution in [1.82, 2.24) is 0 Å². The Hall–Kier alpha value is -2.73. The van der Waals surface area contributed by atoms with Gasteiger partial charge in [-0.3, -0.25) is 4.79 Å². The van der Waals surface area contributed by atoms with Crippen LogP contribution in [0.25, 0.3) is 0 Å². The number of methoxy groups -OCH3 is 1. The van der Waals surface area contributed by atoms with Gasteiger partial charge in [-0.15, -0.1) is 0 Å². The van der Waals surface area contributed by atoms with Gasteiger partial charge in [-0.25, -0.2) is 0 Å². The fourth-order valence-electron chi connectivity index (χ4n) is 3.02. The number of β-lactam (4-membered cyclic amide) rings is 1. The molecule has 6 nitrogen and oxygen atoms in total. The van der Waals surface area contributed by atoms with Gasteiger partial charge in [0, 0.05) is 11.8 Å². The normalized spacial score (nSPS) is 22.0. The summed E-state index contributed by atoms with van der Waals surface area (Å²) in [4.78, 5) is 14.0. The molecule has 2 aliphatic rings. The van der Waals surface area contributed by atoms with E-state index in [1.54, 1.807) is 24.1 Å². The van der Waals surface area contributed by atoms with Gasteiger partial charge in [-0.1, -0.05) is 12.1 Å². The summed E-state index contributed by atoms with van der Waals surface area (Å²) in [6.07, 6.45) is 0. The zero-order valence-corrected chi connectivity index (χ0v) is 12.6. The lowest BCUT2D eigenvalue weighted by atomic mass is 9.88. The minimum Gasteiger partial charge on any atom is -0.497 e. The summed E-state index contributed by atoms with van der Waals surface area (Å²) in [5.74, 6) is 1.94. The zero-order valence-electron chi connectivity index (χ0n) is 12.6. The van der Waals surface area contributed by atoms with Crippen molar-refractivity contribution in [3.05, 3.63) is 48.0 Å². The van der Waals surface area contributed by atoms with Crippen LogP contribution in [0.15, 0.2) is 42.5 Å². The second-order valence-electron chi connectivity index (χ2n) is 5.49. The van der Waals surface area contributed by atoms with Gasteiger partial charge in [0.2, 0.25) is 12.7 Å². The molecule has 23 heavy (non-hydrogen) atoms. The number of nitrogens with two attached hydrogens (primary N) is 1. The van der Waals surface area contributed by atoms with Crippen molar-refractivity contribution in [3.63, 3.8) is 0 Å². The number of carbonyl (C=O) groups is 1. The van der Waals surface area contributed by atoms with Gasteiger partial charge < -0.3 is 24.8 Å². The van der Waals surface area contributed by atoms with Gasteiger partial charge in [0.1, 0.15) is 11.8 Å². The highest BCUT2D eigenvalue weighted by molar-refractivity contribution is 6.05. The molecule has 1 amide bonds.